The summed E-state index contributed by atoms with van der Waals surface area (Å²) in [6.07, 6.45) is 3.46. The van der Waals surface area contributed by atoms with E-state index in [-0.39, 0.29) is 0 Å². The van der Waals surface area contributed by atoms with Crippen molar-refractivity contribution in [1.29, 1.82) is 0 Å². The third-order valence-corrected chi connectivity index (χ3v) is 1.41. The summed E-state index contributed by atoms with van der Waals surface area (Å²) in [5, 5.41) is 0.720. The van der Waals surface area contributed by atoms with Crippen LogP contribution in [0.25, 0.3) is 0 Å². The molecule has 0 heterocycles. The number of ether oxygens (including phenoxy) is 1. The van der Waals surface area contributed by atoms with E-state index in [4.69, 9.17) is 16.3 Å². The number of halogens is 1. The number of benzene rings is 1. The van der Waals surface area contributed by atoms with E-state index in [9.17, 15) is 0 Å². The lowest BCUT2D eigenvalue weighted by molar-refractivity contribution is 0.480. The predicted molar refractivity (Wildman–Crippen MR) is 46.9 cm³/mol. The molecule has 0 saturated heterocycles. The Morgan fingerprint density at radius 2 is 1.91 bits per heavy atom. The van der Waals surface area contributed by atoms with Gasteiger partial charge in [-0.15, -0.1) is 0 Å². The Balaban J connectivity index is 2.66. The summed E-state index contributed by atoms with van der Waals surface area (Å²) in [5.41, 5.74) is 0. The molecule has 0 bridgehead atoms. The van der Waals surface area contributed by atoms with E-state index in [1.807, 2.05) is 25.1 Å². The molecule has 0 amide bonds. The van der Waals surface area contributed by atoms with Gasteiger partial charge in [0.25, 0.3) is 0 Å². The van der Waals surface area contributed by atoms with Crippen molar-refractivity contribution >= 4 is 11.6 Å². The summed E-state index contributed by atoms with van der Waals surface area (Å²) < 4.78 is 5.17. The molecule has 0 aliphatic rings. The summed E-state index contributed by atoms with van der Waals surface area (Å²) in [6, 6.07) is 7.23. The summed E-state index contributed by atoms with van der Waals surface area (Å²) in [4.78, 5) is 0. The van der Waals surface area contributed by atoms with Crippen LogP contribution in [0.5, 0.6) is 5.75 Å². The fraction of sp³-hybridized carbons (Fsp3) is 0.111. The van der Waals surface area contributed by atoms with Gasteiger partial charge in [0.15, 0.2) is 0 Å². The van der Waals surface area contributed by atoms with Gasteiger partial charge in [0, 0.05) is 5.02 Å². The maximum absolute atomic E-state index is 5.67. The number of hydrogen-bond acceptors (Lipinski definition) is 1. The zero-order chi connectivity index (χ0) is 8.10. The van der Waals surface area contributed by atoms with Crippen molar-refractivity contribution in [3.63, 3.8) is 0 Å². The second-order valence-corrected chi connectivity index (χ2v) is 2.48. The predicted octanol–water partition coefficient (Wildman–Crippen LogP) is 3.25. The van der Waals surface area contributed by atoms with Gasteiger partial charge in [-0.3, -0.25) is 0 Å². The van der Waals surface area contributed by atoms with Gasteiger partial charge in [0.05, 0.1) is 6.26 Å². The van der Waals surface area contributed by atoms with Crippen LogP contribution in [0.3, 0.4) is 0 Å². The van der Waals surface area contributed by atoms with Crippen LogP contribution in [0.2, 0.25) is 5.02 Å². The van der Waals surface area contributed by atoms with Gasteiger partial charge in [-0.05, 0) is 31.2 Å². The highest BCUT2D eigenvalue weighted by Crippen LogP contribution is 2.15. The molecule has 0 unspecified atom stereocenters. The highest BCUT2D eigenvalue weighted by molar-refractivity contribution is 6.30. The van der Waals surface area contributed by atoms with Crippen molar-refractivity contribution in [2.75, 3.05) is 0 Å². The maximum Gasteiger partial charge on any atom is 0.126 e. The van der Waals surface area contributed by atoms with Crippen molar-refractivity contribution < 1.29 is 4.74 Å². The highest BCUT2D eigenvalue weighted by atomic mass is 35.5. The maximum atomic E-state index is 5.67. The van der Waals surface area contributed by atoms with Gasteiger partial charge in [0.1, 0.15) is 5.75 Å². The molecule has 1 aromatic rings. The molecule has 0 aliphatic heterocycles. The molecule has 0 spiro atoms. The standard InChI is InChI=1S/C9H9ClO/c1-2-7-11-9-5-3-8(10)4-6-9/h2-7H,1H3/b7-2+. The number of hydrogen-bond donors (Lipinski definition) is 0. The van der Waals surface area contributed by atoms with Gasteiger partial charge in [-0.25, -0.2) is 0 Å². The summed E-state index contributed by atoms with van der Waals surface area (Å²) >= 11 is 5.67. The van der Waals surface area contributed by atoms with E-state index in [2.05, 4.69) is 0 Å². The lowest BCUT2D eigenvalue weighted by atomic mass is 10.3. The molecule has 1 rings (SSSR count). The van der Waals surface area contributed by atoms with E-state index < -0.39 is 0 Å². The smallest absolute Gasteiger partial charge is 0.126 e. The molecule has 0 aliphatic carbocycles. The Morgan fingerprint density at radius 3 is 2.45 bits per heavy atom. The molecule has 2 heteroatoms. The Kier molecular flexibility index (Phi) is 2.99. The molecule has 11 heavy (non-hydrogen) atoms. The first-order valence-corrected chi connectivity index (χ1v) is 3.74. The summed E-state index contributed by atoms with van der Waals surface area (Å²) in [7, 11) is 0. The summed E-state index contributed by atoms with van der Waals surface area (Å²) in [5.74, 6) is 0.799. The normalized spacial score (nSPS) is 10.4. The lowest BCUT2D eigenvalue weighted by Gasteiger charge is -1.97. The van der Waals surface area contributed by atoms with Crippen LogP contribution >= 0.6 is 11.6 Å². The van der Waals surface area contributed by atoms with Gasteiger partial charge >= 0.3 is 0 Å². The molecule has 0 saturated carbocycles. The average Bonchev–Trinajstić information content (AvgIpc) is 2.04. The third kappa shape index (κ3) is 2.64. The molecule has 0 fully saturated rings. The Bertz CT molecular complexity index is 238. The molecular weight excluding hydrogens is 160 g/mol. The second kappa shape index (κ2) is 4.04. The van der Waals surface area contributed by atoms with Crippen LogP contribution < -0.4 is 4.74 Å². The number of allylic oxidation sites excluding steroid dienone is 1. The quantitative estimate of drug-likeness (QED) is 0.616. The largest absolute Gasteiger partial charge is 0.465 e. The zero-order valence-electron chi connectivity index (χ0n) is 6.25. The fourth-order valence-electron chi connectivity index (χ4n) is 0.660. The van der Waals surface area contributed by atoms with E-state index in [1.165, 1.54) is 0 Å². The van der Waals surface area contributed by atoms with Gasteiger partial charge < -0.3 is 4.74 Å². The molecule has 0 N–H and O–H groups in total. The average molecular weight is 169 g/mol. The minimum atomic E-state index is 0.720. The summed E-state index contributed by atoms with van der Waals surface area (Å²) in [6.45, 7) is 1.90. The van der Waals surface area contributed by atoms with Crippen molar-refractivity contribution in [1.82, 2.24) is 0 Å². The first kappa shape index (κ1) is 8.15. The first-order valence-electron chi connectivity index (χ1n) is 3.36. The van der Waals surface area contributed by atoms with Crippen LogP contribution in [-0.4, -0.2) is 0 Å². The Hall–Kier alpha value is -0.950. The fourth-order valence-corrected chi connectivity index (χ4v) is 0.786. The minimum absolute atomic E-state index is 0.720. The van der Waals surface area contributed by atoms with E-state index in [1.54, 1.807) is 18.4 Å². The molecule has 58 valence electrons. The van der Waals surface area contributed by atoms with E-state index >= 15 is 0 Å². The first-order chi connectivity index (χ1) is 5.33. The Morgan fingerprint density at radius 1 is 1.27 bits per heavy atom. The van der Waals surface area contributed by atoms with E-state index in [0.29, 0.717) is 0 Å². The van der Waals surface area contributed by atoms with Crippen LogP contribution in [0, 0.1) is 0 Å². The monoisotopic (exact) mass is 168 g/mol. The van der Waals surface area contributed by atoms with Gasteiger partial charge in [0.2, 0.25) is 0 Å². The topological polar surface area (TPSA) is 9.23 Å². The number of rotatable bonds is 2. The Labute approximate surface area is 71.3 Å². The van der Waals surface area contributed by atoms with Crippen LogP contribution in [0.4, 0.5) is 0 Å². The van der Waals surface area contributed by atoms with Crippen molar-refractivity contribution in [3.05, 3.63) is 41.6 Å². The highest BCUT2D eigenvalue weighted by Gasteiger charge is 1.88. The molecule has 0 aromatic heterocycles. The SMILES string of the molecule is C/C=C/Oc1ccc(Cl)cc1. The molecule has 1 aromatic carbocycles. The second-order valence-electron chi connectivity index (χ2n) is 2.04. The molecule has 0 radical (unpaired) electrons. The third-order valence-electron chi connectivity index (χ3n) is 1.15. The van der Waals surface area contributed by atoms with Gasteiger partial charge in [-0.1, -0.05) is 17.7 Å². The minimum Gasteiger partial charge on any atom is -0.465 e. The van der Waals surface area contributed by atoms with Crippen molar-refractivity contribution in [2.45, 2.75) is 6.92 Å². The van der Waals surface area contributed by atoms with Crippen molar-refractivity contribution in [3.8, 4) is 5.75 Å². The molecular formula is C9H9ClO. The van der Waals surface area contributed by atoms with Gasteiger partial charge in [-0.2, -0.15) is 0 Å². The van der Waals surface area contributed by atoms with Crippen LogP contribution in [0.1, 0.15) is 6.92 Å². The van der Waals surface area contributed by atoms with Crippen LogP contribution in [-0.2, 0) is 0 Å². The van der Waals surface area contributed by atoms with Crippen LogP contribution in [0.15, 0.2) is 36.6 Å². The zero-order valence-corrected chi connectivity index (χ0v) is 7.01. The molecule has 1 nitrogen and oxygen atoms in total. The van der Waals surface area contributed by atoms with Crippen molar-refractivity contribution in [2.24, 2.45) is 0 Å². The molecule has 0 atom stereocenters. The lowest BCUT2D eigenvalue weighted by Crippen LogP contribution is -1.79. The van der Waals surface area contributed by atoms with E-state index in [0.717, 1.165) is 10.8 Å².